The first-order chi connectivity index (χ1) is 14.0. The summed E-state index contributed by atoms with van der Waals surface area (Å²) in [5, 5.41) is 0.685. The fraction of sp³-hybridized carbons (Fsp3) is 0.304. The third-order valence-corrected chi connectivity index (χ3v) is 5.50. The zero-order valence-corrected chi connectivity index (χ0v) is 18.3. The minimum atomic E-state index is 0.561. The van der Waals surface area contributed by atoms with E-state index in [1.54, 1.807) is 26.0 Å². The van der Waals surface area contributed by atoms with Crippen molar-refractivity contribution >= 4 is 11.8 Å². The Morgan fingerprint density at radius 2 is 1.55 bits per heavy atom. The summed E-state index contributed by atoms with van der Waals surface area (Å²) in [7, 11) is 3.30. The van der Waals surface area contributed by atoms with E-state index >= 15 is 0 Å². The second-order valence-electron chi connectivity index (χ2n) is 6.69. The monoisotopic (exact) mass is 410 g/mol. The predicted molar refractivity (Wildman–Crippen MR) is 117 cm³/mol. The molecule has 3 aromatic rings. The number of nitrogens with zero attached hydrogens (tertiary/aromatic N) is 2. The standard InChI is InChI=1S/C23H26N2O3S/c1-6-18-12-22(28-19-8-7-15(2)16(3)9-19)25-23(24-18)29-14-17-10-20(26-4)13-21(11-17)27-5/h7-13H,6,14H2,1-5H3. The zero-order valence-electron chi connectivity index (χ0n) is 17.5. The van der Waals surface area contributed by atoms with Crippen molar-refractivity contribution in [3.05, 3.63) is 64.8 Å². The van der Waals surface area contributed by atoms with Gasteiger partial charge in [-0.15, -0.1) is 0 Å². The molecule has 2 aromatic carbocycles. The average Bonchev–Trinajstić information content (AvgIpc) is 2.74. The fourth-order valence-corrected chi connectivity index (χ4v) is 3.54. The minimum Gasteiger partial charge on any atom is -0.497 e. The first-order valence-corrected chi connectivity index (χ1v) is 10.5. The average molecular weight is 411 g/mol. The van der Waals surface area contributed by atoms with Crippen LogP contribution >= 0.6 is 11.8 Å². The molecule has 0 spiro atoms. The van der Waals surface area contributed by atoms with Gasteiger partial charge in [-0.3, -0.25) is 0 Å². The highest BCUT2D eigenvalue weighted by atomic mass is 32.2. The zero-order chi connectivity index (χ0) is 20.8. The van der Waals surface area contributed by atoms with Crippen LogP contribution in [0.15, 0.2) is 47.6 Å². The maximum Gasteiger partial charge on any atom is 0.223 e. The summed E-state index contributed by atoms with van der Waals surface area (Å²) in [6.45, 7) is 6.23. The maximum absolute atomic E-state index is 6.02. The number of thioether (sulfide) groups is 1. The first kappa shape index (κ1) is 21.0. The second kappa shape index (κ2) is 9.65. The van der Waals surface area contributed by atoms with Gasteiger partial charge in [0.15, 0.2) is 5.16 Å². The predicted octanol–water partition coefficient (Wildman–Crippen LogP) is 5.76. The first-order valence-electron chi connectivity index (χ1n) is 9.48. The van der Waals surface area contributed by atoms with E-state index in [-0.39, 0.29) is 0 Å². The van der Waals surface area contributed by atoms with E-state index in [4.69, 9.17) is 14.2 Å². The van der Waals surface area contributed by atoms with Crippen LogP contribution in [-0.4, -0.2) is 24.2 Å². The summed E-state index contributed by atoms with van der Waals surface area (Å²) < 4.78 is 16.7. The second-order valence-corrected chi connectivity index (χ2v) is 7.63. The van der Waals surface area contributed by atoms with Crippen LogP contribution in [-0.2, 0) is 12.2 Å². The molecule has 0 saturated heterocycles. The smallest absolute Gasteiger partial charge is 0.223 e. The van der Waals surface area contributed by atoms with Crippen molar-refractivity contribution < 1.29 is 14.2 Å². The van der Waals surface area contributed by atoms with E-state index in [0.717, 1.165) is 34.9 Å². The number of ether oxygens (including phenoxy) is 3. The Balaban J connectivity index is 1.79. The number of benzene rings is 2. The molecule has 0 aliphatic carbocycles. The molecule has 6 heteroatoms. The lowest BCUT2D eigenvalue weighted by atomic mass is 10.1. The quantitative estimate of drug-likeness (QED) is 0.348. The molecule has 1 heterocycles. The van der Waals surface area contributed by atoms with Crippen molar-refractivity contribution in [3.63, 3.8) is 0 Å². The molecule has 0 amide bonds. The van der Waals surface area contributed by atoms with Crippen LogP contribution in [0.25, 0.3) is 0 Å². The highest BCUT2D eigenvalue weighted by molar-refractivity contribution is 7.98. The fourth-order valence-electron chi connectivity index (χ4n) is 2.74. The molecule has 1 aromatic heterocycles. The molecule has 3 rings (SSSR count). The van der Waals surface area contributed by atoms with E-state index in [0.29, 0.717) is 16.8 Å². The van der Waals surface area contributed by atoms with E-state index in [1.807, 2.05) is 36.4 Å². The molecular formula is C23H26N2O3S. The van der Waals surface area contributed by atoms with Gasteiger partial charge in [-0.05, 0) is 61.2 Å². The van der Waals surface area contributed by atoms with Gasteiger partial charge < -0.3 is 14.2 Å². The highest BCUT2D eigenvalue weighted by Gasteiger charge is 2.09. The van der Waals surface area contributed by atoms with Gasteiger partial charge >= 0.3 is 0 Å². The van der Waals surface area contributed by atoms with Crippen molar-refractivity contribution in [1.82, 2.24) is 9.97 Å². The Labute approximate surface area is 176 Å². The van der Waals surface area contributed by atoms with Crippen molar-refractivity contribution in [1.29, 1.82) is 0 Å². The summed E-state index contributed by atoms with van der Waals surface area (Å²) in [5.41, 5.74) is 4.45. The van der Waals surface area contributed by atoms with Gasteiger partial charge in [-0.25, -0.2) is 4.98 Å². The third kappa shape index (κ3) is 5.64. The molecule has 152 valence electrons. The summed E-state index contributed by atoms with van der Waals surface area (Å²) in [4.78, 5) is 9.23. The van der Waals surface area contributed by atoms with Crippen LogP contribution < -0.4 is 14.2 Å². The summed E-state index contributed by atoms with van der Waals surface area (Å²) >= 11 is 1.56. The minimum absolute atomic E-state index is 0.561. The van der Waals surface area contributed by atoms with E-state index < -0.39 is 0 Å². The molecule has 0 fully saturated rings. The highest BCUT2D eigenvalue weighted by Crippen LogP contribution is 2.29. The molecule has 0 unspecified atom stereocenters. The van der Waals surface area contributed by atoms with E-state index in [2.05, 4.69) is 36.8 Å². The van der Waals surface area contributed by atoms with Crippen molar-refractivity contribution in [2.75, 3.05) is 14.2 Å². The van der Waals surface area contributed by atoms with Crippen molar-refractivity contribution in [2.45, 2.75) is 38.1 Å². The lowest BCUT2D eigenvalue weighted by Gasteiger charge is -2.11. The van der Waals surface area contributed by atoms with Gasteiger partial charge in [-0.1, -0.05) is 24.8 Å². The van der Waals surface area contributed by atoms with Crippen LogP contribution in [0, 0.1) is 13.8 Å². The summed E-state index contributed by atoms with van der Waals surface area (Å²) in [5.74, 6) is 3.57. The van der Waals surface area contributed by atoms with Gasteiger partial charge in [0, 0.05) is 23.6 Å². The molecule has 0 aliphatic heterocycles. The number of aryl methyl sites for hydroxylation is 3. The van der Waals surface area contributed by atoms with Gasteiger partial charge in [0.2, 0.25) is 5.88 Å². The van der Waals surface area contributed by atoms with Gasteiger partial charge in [0.1, 0.15) is 17.2 Å². The molecule has 0 N–H and O–H groups in total. The summed E-state index contributed by atoms with van der Waals surface area (Å²) in [6, 6.07) is 13.8. The van der Waals surface area contributed by atoms with Crippen LogP contribution in [0.4, 0.5) is 0 Å². The molecule has 0 aliphatic rings. The Kier molecular flexibility index (Phi) is 6.99. The molecule has 0 atom stereocenters. The number of hydrogen-bond donors (Lipinski definition) is 0. The largest absolute Gasteiger partial charge is 0.497 e. The van der Waals surface area contributed by atoms with Gasteiger partial charge in [-0.2, -0.15) is 4.98 Å². The number of rotatable bonds is 8. The van der Waals surface area contributed by atoms with E-state index in [9.17, 15) is 0 Å². The molecule has 5 nitrogen and oxygen atoms in total. The molecule has 0 saturated carbocycles. The Morgan fingerprint density at radius 1 is 0.828 bits per heavy atom. The van der Waals surface area contributed by atoms with E-state index in [1.165, 1.54) is 11.1 Å². The Bertz CT molecular complexity index is 970. The number of hydrogen-bond acceptors (Lipinski definition) is 6. The van der Waals surface area contributed by atoms with Crippen molar-refractivity contribution in [2.24, 2.45) is 0 Å². The van der Waals surface area contributed by atoms with Crippen LogP contribution in [0.2, 0.25) is 0 Å². The summed E-state index contributed by atoms with van der Waals surface area (Å²) in [6.07, 6.45) is 0.812. The number of methoxy groups -OCH3 is 2. The SMILES string of the molecule is CCc1cc(Oc2ccc(C)c(C)c2)nc(SCc2cc(OC)cc(OC)c2)n1. The van der Waals surface area contributed by atoms with Crippen molar-refractivity contribution in [3.8, 4) is 23.1 Å². The lowest BCUT2D eigenvalue weighted by molar-refractivity contribution is 0.393. The van der Waals surface area contributed by atoms with Crippen LogP contribution in [0.3, 0.4) is 0 Å². The topological polar surface area (TPSA) is 53.5 Å². The maximum atomic E-state index is 6.02. The molecule has 29 heavy (non-hydrogen) atoms. The molecule has 0 bridgehead atoms. The molecular weight excluding hydrogens is 384 g/mol. The van der Waals surface area contributed by atoms with Gasteiger partial charge in [0.25, 0.3) is 0 Å². The van der Waals surface area contributed by atoms with Gasteiger partial charge in [0.05, 0.1) is 14.2 Å². The normalized spacial score (nSPS) is 10.7. The Hall–Kier alpha value is -2.73. The lowest BCUT2D eigenvalue weighted by Crippen LogP contribution is -1.98. The Morgan fingerprint density at radius 3 is 2.17 bits per heavy atom. The van der Waals surface area contributed by atoms with Crippen LogP contribution in [0.1, 0.15) is 29.3 Å². The van der Waals surface area contributed by atoms with Crippen LogP contribution in [0.5, 0.6) is 23.1 Å². The molecule has 0 radical (unpaired) electrons. The third-order valence-electron chi connectivity index (χ3n) is 4.58. The number of aromatic nitrogens is 2.